The summed E-state index contributed by atoms with van der Waals surface area (Å²) < 4.78 is 0. The van der Waals surface area contributed by atoms with Crippen molar-refractivity contribution >= 4 is 30.2 Å². The van der Waals surface area contributed by atoms with Crippen LogP contribution in [-0.2, 0) is 0 Å². The Bertz CT molecular complexity index is 410. The molecule has 2 atom stereocenters. The molecule has 0 aliphatic heterocycles. The normalized spacial score (nSPS) is 14.4. The van der Waals surface area contributed by atoms with Crippen LogP contribution in [0.1, 0.15) is 28.4 Å². The average Bonchev–Trinajstić information content (AvgIpc) is 2.28. The van der Waals surface area contributed by atoms with Gasteiger partial charge in [0, 0.05) is 10.6 Å². The first kappa shape index (κ1) is 14.3. The van der Waals surface area contributed by atoms with E-state index in [1.54, 1.807) is 0 Å². The molecule has 6 heteroatoms. The van der Waals surface area contributed by atoms with E-state index in [0.717, 1.165) is 0 Å². The number of carboxylic acids is 1. The molecule has 0 fully saturated rings. The lowest BCUT2D eigenvalue weighted by atomic mass is 10.0. The minimum Gasteiger partial charge on any atom is -0.478 e. The maximum atomic E-state index is 10.8. The van der Waals surface area contributed by atoms with Crippen LogP contribution in [0.25, 0.3) is 0 Å². The van der Waals surface area contributed by atoms with Gasteiger partial charge in [-0.15, -0.1) is 0 Å². The summed E-state index contributed by atoms with van der Waals surface area (Å²) >= 11 is 9.80. The van der Waals surface area contributed by atoms with E-state index in [9.17, 15) is 15.0 Å². The largest absolute Gasteiger partial charge is 0.478 e. The molecule has 0 bridgehead atoms. The van der Waals surface area contributed by atoms with Crippen molar-refractivity contribution in [3.05, 3.63) is 34.3 Å². The number of thiol groups is 1. The molecule has 0 spiro atoms. The van der Waals surface area contributed by atoms with Crippen LogP contribution in [-0.4, -0.2) is 33.1 Å². The van der Waals surface area contributed by atoms with E-state index >= 15 is 0 Å². The molecule has 0 aliphatic carbocycles. The molecule has 0 radical (unpaired) electrons. The second kappa shape index (κ2) is 6.26. The fourth-order valence-corrected chi connectivity index (χ4v) is 1.89. The molecule has 94 valence electrons. The van der Waals surface area contributed by atoms with Gasteiger partial charge >= 0.3 is 5.97 Å². The number of hydrogen-bond acceptors (Lipinski definition) is 4. The number of carbonyl (C=O) groups is 1. The Morgan fingerprint density at radius 3 is 2.59 bits per heavy atom. The van der Waals surface area contributed by atoms with Crippen molar-refractivity contribution in [1.29, 1.82) is 0 Å². The van der Waals surface area contributed by atoms with Crippen molar-refractivity contribution in [3.8, 4) is 0 Å². The molecule has 1 rings (SSSR count). The molecule has 0 aromatic heterocycles. The minimum atomic E-state index is -1.21. The van der Waals surface area contributed by atoms with Gasteiger partial charge in [0.1, 0.15) is 6.10 Å². The van der Waals surface area contributed by atoms with Crippen molar-refractivity contribution in [2.24, 2.45) is 0 Å². The first-order valence-corrected chi connectivity index (χ1v) is 5.98. The van der Waals surface area contributed by atoms with Crippen molar-refractivity contribution < 1.29 is 20.1 Å². The lowest BCUT2D eigenvalue weighted by Crippen LogP contribution is -2.19. The number of aromatic carboxylic acids is 1. The SMILES string of the molecule is O=C(O)c1ccc(Cl)c(C(O)C(O)CCS)c1. The van der Waals surface area contributed by atoms with Gasteiger partial charge in [0.2, 0.25) is 0 Å². The third-order valence-electron chi connectivity index (χ3n) is 2.35. The second-order valence-electron chi connectivity index (χ2n) is 3.57. The van der Waals surface area contributed by atoms with Crippen molar-refractivity contribution in [2.45, 2.75) is 18.6 Å². The zero-order valence-electron chi connectivity index (χ0n) is 8.88. The number of aliphatic hydroxyl groups is 2. The second-order valence-corrected chi connectivity index (χ2v) is 4.42. The van der Waals surface area contributed by atoms with E-state index in [0.29, 0.717) is 5.75 Å². The van der Waals surface area contributed by atoms with Crippen LogP contribution in [0.5, 0.6) is 0 Å². The van der Waals surface area contributed by atoms with E-state index in [2.05, 4.69) is 12.6 Å². The number of carboxylic acid groups (broad SMARTS) is 1. The first-order valence-electron chi connectivity index (χ1n) is 4.97. The van der Waals surface area contributed by atoms with Gasteiger partial charge in [-0.2, -0.15) is 12.6 Å². The van der Waals surface area contributed by atoms with Gasteiger partial charge < -0.3 is 15.3 Å². The Morgan fingerprint density at radius 2 is 2.06 bits per heavy atom. The van der Waals surface area contributed by atoms with Crippen LogP contribution in [0.3, 0.4) is 0 Å². The van der Waals surface area contributed by atoms with E-state index in [4.69, 9.17) is 16.7 Å². The predicted molar refractivity (Wildman–Crippen MR) is 67.8 cm³/mol. The molecule has 0 aliphatic rings. The third-order valence-corrected chi connectivity index (χ3v) is 2.95. The number of benzene rings is 1. The lowest BCUT2D eigenvalue weighted by molar-refractivity contribution is 0.0172. The molecule has 0 amide bonds. The minimum absolute atomic E-state index is 0.0153. The van der Waals surface area contributed by atoms with Crippen LogP contribution >= 0.6 is 24.2 Å². The quantitative estimate of drug-likeness (QED) is 0.618. The van der Waals surface area contributed by atoms with Crippen LogP contribution in [0.15, 0.2) is 18.2 Å². The summed E-state index contributed by atoms with van der Waals surface area (Å²) in [5, 5.41) is 28.5. The fourth-order valence-electron chi connectivity index (χ4n) is 1.40. The third kappa shape index (κ3) is 3.61. The highest BCUT2D eigenvalue weighted by Gasteiger charge is 2.21. The summed E-state index contributed by atoms with van der Waals surface area (Å²) in [5.74, 6) is -0.701. The number of rotatable bonds is 5. The molecule has 0 saturated carbocycles. The molecule has 1 aromatic carbocycles. The smallest absolute Gasteiger partial charge is 0.335 e. The molecule has 4 nitrogen and oxygen atoms in total. The van der Waals surface area contributed by atoms with Gasteiger partial charge in [0.25, 0.3) is 0 Å². The van der Waals surface area contributed by atoms with Crippen LogP contribution in [0.2, 0.25) is 5.02 Å². The molecular weight excluding hydrogens is 264 g/mol. The average molecular weight is 277 g/mol. The van der Waals surface area contributed by atoms with Crippen LogP contribution in [0.4, 0.5) is 0 Å². The summed E-state index contributed by atoms with van der Waals surface area (Å²) in [6, 6.07) is 3.99. The summed E-state index contributed by atoms with van der Waals surface area (Å²) in [6.45, 7) is 0. The Kier molecular flexibility index (Phi) is 5.27. The molecule has 2 unspecified atom stereocenters. The highest BCUT2D eigenvalue weighted by Crippen LogP contribution is 2.27. The highest BCUT2D eigenvalue weighted by atomic mass is 35.5. The van der Waals surface area contributed by atoms with Crippen LogP contribution in [0, 0.1) is 0 Å². The molecule has 0 saturated heterocycles. The predicted octanol–water partition coefficient (Wildman–Crippen LogP) is 1.75. The highest BCUT2D eigenvalue weighted by molar-refractivity contribution is 7.80. The van der Waals surface area contributed by atoms with Gasteiger partial charge in [-0.25, -0.2) is 4.79 Å². The summed E-state index contributed by atoms with van der Waals surface area (Å²) in [5.41, 5.74) is 0.224. The summed E-state index contributed by atoms with van der Waals surface area (Å²) in [6.07, 6.45) is -1.94. The Labute approximate surface area is 109 Å². The zero-order valence-corrected chi connectivity index (χ0v) is 10.5. The topological polar surface area (TPSA) is 77.8 Å². The van der Waals surface area contributed by atoms with Gasteiger partial charge in [0.05, 0.1) is 11.7 Å². The number of aliphatic hydroxyl groups excluding tert-OH is 2. The van der Waals surface area contributed by atoms with Gasteiger partial charge in [0.15, 0.2) is 0 Å². The number of hydrogen-bond donors (Lipinski definition) is 4. The first-order chi connectivity index (χ1) is 7.97. The van der Waals surface area contributed by atoms with E-state index in [-0.39, 0.29) is 22.6 Å². The van der Waals surface area contributed by atoms with Gasteiger partial charge in [-0.1, -0.05) is 11.6 Å². The molecule has 17 heavy (non-hydrogen) atoms. The Balaban J connectivity index is 3.03. The van der Waals surface area contributed by atoms with Crippen molar-refractivity contribution in [2.75, 3.05) is 5.75 Å². The van der Waals surface area contributed by atoms with E-state index in [1.807, 2.05) is 0 Å². The monoisotopic (exact) mass is 276 g/mol. The Morgan fingerprint density at radius 1 is 1.41 bits per heavy atom. The van der Waals surface area contributed by atoms with E-state index in [1.165, 1.54) is 18.2 Å². The lowest BCUT2D eigenvalue weighted by Gasteiger charge is -2.18. The van der Waals surface area contributed by atoms with E-state index < -0.39 is 18.2 Å². The summed E-state index contributed by atoms with van der Waals surface area (Å²) in [4.78, 5) is 10.8. The van der Waals surface area contributed by atoms with Gasteiger partial charge in [-0.05, 0) is 30.4 Å². The maximum absolute atomic E-state index is 10.8. The zero-order chi connectivity index (χ0) is 13.0. The van der Waals surface area contributed by atoms with Crippen LogP contribution < -0.4 is 0 Å². The molecular formula is C11H13ClO4S. The standard InChI is InChI=1S/C11H13ClO4S/c12-8-2-1-6(11(15)16)5-7(8)10(14)9(13)3-4-17/h1-2,5,9-10,13-14,17H,3-4H2,(H,15,16). The molecule has 0 heterocycles. The van der Waals surface area contributed by atoms with Crippen molar-refractivity contribution in [1.82, 2.24) is 0 Å². The number of halogens is 1. The van der Waals surface area contributed by atoms with Gasteiger partial charge in [-0.3, -0.25) is 0 Å². The molecule has 3 N–H and O–H groups in total. The molecule has 1 aromatic rings. The summed E-state index contributed by atoms with van der Waals surface area (Å²) in [7, 11) is 0. The Hall–Kier alpha value is -0.750. The van der Waals surface area contributed by atoms with Crippen molar-refractivity contribution in [3.63, 3.8) is 0 Å². The fraction of sp³-hybridized carbons (Fsp3) is 0.364. The maximum Gasteiger partial charge on any atom is 0.335 e.